The summed E-state index contributed by atoms with van der Waals surface area (Å²) in [5, 5.41) is 10.5. The fraction of sp³-hybridized carbons (Fsp3) is 0.353. The minimum absolute atomic E-state index is 0.227. The molecule has 1 atom stereocenters. The first-order chi connectivity index (χ1) is 11.5. The zero-order chi connectivity index (χ0) is 17.3. The van der Waals surface area contributed by atoms with E-state index in [4.69, 9.17) is 9.15 Å². The molecule has 3 rings (SSSR count). The van der Waals surface area contributed by atoms with Gasteiger partial charge in [0.2, 0.25) is 0 Å². The molecule has 1 amide bonds. The highest BCUT2D eigenvalue weighted by Crippen LogP contribution is 2.29. The number of aryl methyl sites for hydroxylation is 2. The smallest absolute Gasteiger partial charge is 0.256 e. The van der Waals surface area contributed by atoms with E-state index in [0.717, 1.165) is 5.39 Å². The standard InChI is InChI=1S/C17H20N4O3/c1-5-23-12-6-7-14-13(8-12)15(10(3)24-14)17(22)18-9(2)16-19-11(4)20-21-16/h6-9H,5H2,1-4H3,(H,18,22)(H,19,20,21)/t9-/m1/s1. The number of carbonyl (C=O) groups excluding carboxylic acids is 1. The number of nitrogens with one attached hydrogen (secondary N) is 2. The third-order valence-electron chi connectivity index (χ3n) is 3.72. The van der Waals surface area contributed by atoms with Crippen LogP contribution in [-0.2, 0) is 0 Å². The van der Waals surface area contributed by atoms with E-state index in [-0.39, 0.29) is 11.9 Å². The number of ether oxygens (including phenoxy) is 1. The molecule has 0 saturated carbocycles. The predicted molar refractivity (Wildman–Crippen MR) is 89.1 cm³/mol. The van der Waals surface area contributed by atoms with E-state index in [0.29, 0.717) is 40.9 Å². The Balaban J connectivity index is 1.91. The van der Waals surface area contributed by atoms with Gasteiger partial charge in [-0.25, -0.2) is 4.98 Å². The summed E-state index contributed by atoms with van der Waals surface area (Å²) in [6.45, 7) is 7.90. The van der Waals surface area contributed by atoms with E-state index in [1.165, 1.54) is 0 Å². The molecule has 7 heteroatoms. The summed E-state index contributed by atoms with van der Waals surface area (Å²) in [5.74, 6) is 2.29. The fourth-order valence-electron chi connectivity index (χ4n) is 2.62. The molecule has 0 aliphatic heterocycles. The van der Waals surface area contributed by atoms with Crippen LogP contribution < -0.4 is 10.1 Å². The summed E-state index contributed by atoms with van der Waals surface area (Å²) in [6.07, 6.45) is 0. The van der Waals surface area contributed by atoms with Crippen molar-refractivity contribution in [3.8, 4) is 5.75 Å². The minimum Gasteiger partial charge on any atom is -0.494 e. The van der Waals surface area contributed by atoms with Crippen molar-refractivity contribution in [1.82, 2.24) is 20.5 Å². The van der Waals surface area contributed by atoms with Gasteiger partial charge in [0.1, 0.15) is 22.9 Å². The Labute approximate surface area is 139 Å². The number of hydrogen-bond donors (Lipinski definition) is 2. The first kappa shape index (κ1) is 16.0. The van der Waals surface area contributed by atoms with Crippen LogP contribution in [-0.4, -0.2) is 27.7 Å². The lowest BCUT2D eigenvalue weighted by atomic mass is 10.1. The van der Waals surface area contributed by atoms with Crippen LogP contribution in [0.5, 0.6) is 5.75 Å². The van der Waals surface area contributed by atoms with Crippen molar-refractivity contribution in [3.05, 3.63) is 41.2 Å². The van der Waals surface area contributed by atoms with Crippen LogP contribution >= 0.6 is 0 Å². The van der Waals surface area contributed by atoms with Gasteiger partial charge in [0, 0.05) is 5.39 Å². The van der Waals surface area contributed by atoms with Gasteiger partial charge in [0.05, 0.1) is 18.2 Å². The second kappa shape index (κ2) is 6.35. The fourth-order valence-corrected chi connectivity index (χ4v) is 2.62. The average Bonchev–Trinajstić information content (AvgIpc) is 3.10. The highest BCUT2D eigenvalue weighted by Gasteiger charge is 2.22. The van der Waals surface area contributed by atoms with Gasteiger partial charge in [-0.2, -0.15) is 5.10 Å². The molecule has 0 saturated heterocycles. The molecular weight excluding hydrogens is 308 g/mol. The average molecular weight is 328 g/mol. The van der Waals surface area contributed by atoms with Crippen LogP contribution in [0.25, 0.3) is 11.0 Å². The maximum absolute atomic E-state index is 12.7. The van der Waals surface area contributed by atoms with Crippen LogP contribution in [0, 0.1) is 13.8 Å². The summed E-state index contributed by atoms with van der Waals surface area (Å²) in [6, 6.07) is 5.15. The van der Waals surface area contributed by atoms with Crippen molar-refractivity contribution >= 4 is 16.9 Å². The molecule has 0 aliphatic carbocycles. The van der Waals surface area contributed by atoms with Gasteiger partial charge in [0.25, 0.3) is 5.91 Å². The van der Waals surface area contributed by atoms with Crippen LogP contribution in [0.3, 0.4) is 0 Å². The SMILES string of the molecule is CCOc1ccc2oc(C)c(C(=O)N[C@H](C)c3n[nH]c(C)n3)c2c1. The van der Waals surface area contributed by atoms with Gasteiger partial charge >= 0.3 is 0 Å². The number of H-pyrrole nitrogens is 1. The Bertz CT molecular complexity index is 881. The molecule has 0 bridgehead atoms. The van der Waals surface area contributed by atoms with Crippen LogP contribution in [0.1, 0.15) is 47.7 Å². The molecule has 7 nitrogen and oxygen atoms in total. The van der Waals surface area contributed by atoms with Crippen molar-refractivity contribution in [2.24, 2.45) is 0 Å². The monoisotopic (exact) mass is 328 g/mol. The Kier molecular flexibility index (Phi) is 4.24. The number of rotatable bonds is 5. The van der Waals surface area contributed by atoms with Gasteiger partial charge in [-0.15, -0.1) is 0 Å². The third-order valence-corrected chi connectivity index (χ3v) is 3.72. The number of hydrogen-bond acceptors (Lipinski definition) is 5. The second-order valence-corrected chi connectivity index (χ2v) is 5.60. The normalized spacial score (nSPS) is 12.3. The maximum Gasteiger partial charge on any atom is 0.256 e. The molecule has 0 spiro atoms. The minimum atomic E-state index is -0.318. The molecule has 126 valence electrons. The number of benzene rings is 1. The highest BCUT2D eigenvalue weighted by molar-refractivity contribution is 6.07. The number of amides is 1. The van der Waals surface area contributed by atoms with E-state index in [2.05, 4.69) is 20.5 Å². The molecule has 0 aliphatic rings. The van der Waals surface area contributed by atoms with Gasteiger partial charge in [0.15, 0.2) is 5.82 Å². The quantitative estimate of drug-likeness (QED) is 0.751. The van der Waals surface area contributed by atoms with E-state index >= 15 is 0 Å². The van der Waals surface area contributed by atoms with Crippen LogP contribution in [0.4, 0.5) is 0 Å². The lowest BCUT2D eigenvalue weighted by Gasteiger charge is -2.10. The van der Waals surface area contributed by atoms with Gasteiger partial charge in [-0.1, -0.05) is 0 Å². The number of furan rings is 1. The number of aromatic nitrogens is 3. The van der Waals surface area contributed by atoms with E-state index in [1.54, 1.807) is 6.92 Å². The van der Waals surface area contributed by atoms with Crippen molar-refractivity contribution < 1.29 is 13.9 Å². The summed E-state index contributed by atoms with van der Waals surface area (Å²) < 4.78 is 11.2. The first-order valence-corrected chi connectivity index (χ1v) is 7.85. The molecule has 0 fully saturated rings. The molecule has 2 N–H and O–H groups in total. The van der Waals surface area contributed by atoms with Crippen molar-refractivity contribution in [3.63, 3.8) is 0 Å². The molecule has 0 unspecified atom stereocenters. The molecule has 3 aromatic rings. The summed E-state index contributed by atoms with van der Waals surface area (Å²) in [5.41, 5.74) is 1.16. The number of nitrogens with zero attached hydrogens (tertiary/aromatic N) is 2. The molecule has 0 radical (unpaired) electrons. The van der Waals surface area contributed by atoms with Gasteiger partial charge in [-0.05, 0) is 45.9 Å². The lowest BCUT2D eigenvalue weighted by molar-refractivity contribution is 0.0938. The van der Waals surface area contributed by atoms with E-state index < -0.39 is 0 Å². The summed E-state index contributed by atoms with van der Waals surface area (Å²) >= 11 is 0. The molecule has 2 heterocycles. The van der Waals surface area contributed by atoms with Crippen LogP contribution in [0.15, 0.2) is 22.6 Å². The maximum atomic E-state index is 12.7. The zero-order valence-corrected chi connectivity index (χ0v) is 14.1. The largest absolute Gasteiger partial charge is 0.494 e. The Morgan fingerprint density at radius 3 is 2.88 bits per heavy atom. The predicted octanol–water partition coefficient (Wildman–Crippen LogP) is 3.06. The van der Waals surface area contributed by atoms with Crippen molar-refractivity contribution in [1.29, 1.82) is 0 Å². The summed E-state index contributed by atoms with van der Waals surface area (Å²) in [4.78, 5) is 17.0. The van der Waals surface area contributed by atoms with E-state index in [1.807, 2.05) is 39.0 Å². The van der Waals surface area contributed by atoms with Gasteiger partial charge in [-0.3, -0.25) is 9.89 Å². The van der Waals surface area contributed by atoms with E-state index in [9.17, 15) is 4.79 Å². The molecule has 2 aromatic heterocycles. The molecule has 24 heavy (non-hydrogen) atoms. The number of aromatic amines is 1. The second-order valence-electron chi connectivity index (χ2n) is 5.60. The number of fused-ring (bicyclic) bond motifs is 1. The Morgan fingerprint density at radius 2 is 2.21 bits per heavy atom. The third kappa shape index (κ3) is 2.97. The number of carbonyl (C=O) groups is 1. The summed E-state index contributed by atoms with van der Waals surface area (Å²) in [7, 11) is 0. The molecule has 1 aromatic carbocycles. The zero-order valence-electron chi connectivity index (χ0n) is 14.1. The Hall–Kier alpha value is -2.83. The lowest BCUT2D eigenvalue weighted by Crippen LogP contribution is -2.27. The van der Waals surface area contributed by atoms with Crippen LogP contribution in [0.2, 0.25) is 0 Å². The first-order valence-electron chi connectivity index (χ1n) is 7.85. The molecular formula is C17H20N4O3. The van der Waals surface area contributed by atoms with Crippen molar-refractivity contribution in [2.75, 3.05) is 6.61 Å². The highest BCUT2D eigenvalue weighted by atomic mass is 16.5. The van der Waals surface area contributed by atoms with Crippen molar-refractivity contribution in [2.45, 2.75) is 33.7 Å². The van der Waals surface area contributed by atoms with Gasteiger partial charge < -0.3 is 14.5 Å². The topological polar surface area (TPSA) is 93.0 Å². The Morgan fingerprint density at radius 1 is 1.42 bits per heavy atom.